The monoisotopic (exact) mass is 275 g/mol. The van der Waals surface area contributed by atoms with Crippen LogP contribution in [0.1, 0.15) is 6.92 Å². The lowest BCUT2D eigenvalue weighted by Gasteiger charge is -2.04. The average molecular weight is 275 g/mol. The molecule has 1 rings (SSSR count). The molecular weight excluding hydrogens is 258 g/mol. The maximum atomic E-state index is 11.8. The Hall–Kier alpha value is -0.720. The van der Waals surface area contributed by atoms with Crippen molar-refractivity contribution in [3.8, 4) is 0 Å². The van der Waals surface area contributed by atoms with Gasteiger partial charge in [0.2, 0.25) is 0 Å². The van der Waals surface area contributed by atoms with Gasteiger partial charge in [-0.1, -0.05) is 6.92 Å². The molecule has 0 aliphatic carbocycles. The highest BCUT2D eigenvalue weighted by molar-refractivity contribution is 7.90. The van der Waals surface area contributed by atoms with Crippen molar-refractivity contribution in [1.29, 1.82) is 0 Å². The SMILES string of the molecule is CCNCCS(=O)c1ccc(S(C)(=O)=O)cc1. The van der Waals surface area contributed by atoms with Crippen LogP contribution in [0.5, 0.6) is 0 Å². The Bertz CT molecular complexity index is 480. The summed E-state index contributed by atoms with van der Waals surface area (Å²) in [5, 5.41) is 3.10. The maximum absolute atomic E-state index is 11.8. The van der Waals surface area contributed by atoms with Crippen LogP contribution in [-0.4, -0.2) is 37.7 Å². The first-order valence-electron chi connectivity index (χ1n) is 5.34. The van der Waals surface area contributed by atoms with Gasteiger partial charge in [0.15, 0.2) is 9.84 Å². The summed E-state index contributed by atoms with van der Waals surface area (Å²) in [6.07, 6.45) is 1.16. The molecule has 0 spiro atoms. The van der Waals surface area contributed by atoms with E-state index in [1.54, 1.807) is 12.1 Å². The summed E-state index contributed by atoms with van der Waals surface area (Å²) in [7, 11) is -4.25. The summed E-state index contributed by atoms with van der Waals surface area (Å²) < 4.78 is 34.3. The Morgan fingerprint density at radius 2 is 1.82 bits per heavy atom. The summed E-state index contributed by atoms with van der Waals surface area (Å²) >= 11 is 0. The third-order valence-corrected chi connectivity index (χ3v) is 4.73. The second kappa shape index (κ2) is 6.28. The summed E-state index contributed by atoms with van der Waals surface area (Å²) in [5.74, 6) is 0.534. The molecule has 0 aromatic heterocycles. The minimum absolute atomic E-state index is 0.255. The first-order chi connectivity index (χ1) is 7.95. The predicted molar refractivity (Wildman–Crippen MR) is 69.4 cm³/mol. The van der Waals surface area contributed by atoms with E-state index in [9.17, 15) is 12.6 Å². The first kappa shape index (κ1) is 14.3. The Labute approximate surface area is 105 Å². The molecular formula is C11H17NO3S2. The molecule has 0 amide bonds. The van der Waals surface area contributed by atoms with Gasteiger partial charge in [0, 0.05) is 23.4 Å². The fourth-order valence-electron chi connectivity index (χ4n) is 1.30. The van der Waals surface area contributed by atoms with Gasteiger partial charge in [0.25, 0.3) is 0 Å². The van der Waals surface area contributed by atoms with Gasteiger partial charge in [-0.05, 0) is 30.8 Å². The van der Waals surface area contributed by atoms with Gasteiger partial charge in [0.05, 0.1) is 15.7 Å². The van der Waals surface area contributed by atoms with Crippen LogP contribution in [0.25, 0.3) is 0 Å². The number of rotatable bonds is 6. The molecule has 17 heavy (non-hydrogen) atoms. The van der Waals surface area contributed by atoms with Crippen molar-refractivity contribution >= 4 is 20.6 Å². The minimum Gasteiger partial charge on any atom is -0.316 e. The zero-order valence-corrected chi connectivity index (χ0v) is 11.6. The molecule has 1 N–H and O–H groups in total. The highest BCUT2D eigenvalue weighted by Crippen LogP contribution is 2.13. The number of sulfone groups is 1. The molecule has 0 radical (unpaired) electrons. The summed E-state index contributed by atoms with van der Waals surface area (Å²) in [6.45, 7) is 3.53. The molecule has 4 nitrogen and oxygen atoms in total. The van der Waals surface area contributed by atoms with E-state index in [1.807, 2.05) is 6.92 Å². The van der Waals surface area contributed by atoms with Crippen molar-refractivity contribution in [3.63, 3.8) is 0 Å². The van der Waals surface area contributed by atoms with Gasteiger partial charge in [-0.2, -0.15) is 0 Å². The molecule has 0 aliphatic heterocycles. The molecule has 96 valence electrons. The fourth-order valence-corrected chi connectivity index (χ4v) is 2.93. The van der Waals surface area contributed by atoms with E-state index in [2.05, 4.69) is 5.32 Å². The second-order valence-electron chi connectivity index (χ2n) is 3.65. The van der Waals surface area contributed by atoms with Crippen LogP contribution in [0, 0.1) is 0 Å². The standard InChI is InChI=1S/C11H17NO3S2/c1-3-12-8-9-16(13)10-4-6-11(7-5-10)17(2,14)15/h4-7,12H,3,8-9H2,1-2H3. The molecule has 6 heteroatoms. The largest absolute Gasteiger partial charge is 0.316 e. The molecule has 0 aliphatic rings. The van der Waals surface area contributed by atoms with Crippen LogP contribution >= 0.6 is 0 Å². The smallest absolute Gasteiger partial charge is 0.175 e. The molecule has 1 aromatic rings. The Balaban J connectivity index is 2.71. The van der Waals surface area contributed by atoms with E-state index < -0.39 is 20.6 Å². The summed E-state index contributed by atoms with van der Waals surface area (Å²) in [4.78, 5) is 0.917. The third kappa shape index (κ3) is 4.57. The van der Waals surface area contributed by atoms with Gasteiger partial charge < -0.3 is 5.32 Å². The van der Waals surface area contributed by atoms with Gasteiger partial charge >= 0.3 is 0 Å². The lowest BCUT2D eigenvalue weighted by Crippen LogP contribution is -2.19. The maximum Gasteiger partial charge on any atom is 0.175 e. The molecule has 1 atom stereocenters. The van der Waals surface area contributed by atoms with Crippen LogP contribution in [0.2, 0.25) is 0 Å². The van der Waals surface area contributed by atoms with E-state index in [0.717, 1.165) is 12.8 Å². The molecule has 0 saturated heterocycles. The van der Waals surface area contributed by atoms with E-state index >= 15 is 0 Å². The lowest BCUT2D eigenvalue weighted by atomic mass is 10.4. The van der Waals surface area contributed by atoms with Crippen molar-refractivity contribution in [2.45, 2.75) is 16.7 Å². The van der Waals surface area contributed by atoms with Crippen LogP contribution in [0.4, 0.5) is 0 Å². The van der Waals surface area contributed by atoms with Crippen LogP contribution in [0.15, 0.2) is 34.1 Å². The lowest BCUT2D eigenvalue weighted by molar-refractivity contribution is 0.601. The Kier molecular flexibility index (Phi) is 5.30. The van der Waals surface area contributed by atoms with Crippen molar-refractivity contribution in [3.05, 3.63) is 24.3 Å². The third-order valence-electron chi connectivity index (χ3n) is 2.23. The predicted octanol–water partition coefficient (Wildman–Crippen LogP) is 0.807. The molecule has 0 heterocycles. The van der Waals surface area contributed by atoms with Gasteiger partial charge in [-0.15, -0.1) is 0 Å². The minimum atomic E-state index is -3.18. The van der Waals surface area contributed by atoms with E-state index in [0.29, 0.717) is 17.2 Å². The quantitative estimate of drug-likeness (QED) is 0.780. The van der Waals surface area contributed by atoms with E-state index in [1.165, 1.54) is 12.1 Å². The topological polar surface area (TPSA) is 63.2 Å². The van der Waals surface area contributed by atoms with E-state index in [-0.39, 0.29) is 4.90 Å². The first-order valence-corrected chi connectivity index (χ1v) is 8.55. The van der Waals surface area contributed by atoms with Crippen LogP contribution in [-0.2, 0) is 20.6 Å². The highest BCUT2D eigenvalue weighted by Gasteiger charge is 2.08. The highest BCUT2D eigenvalue weighted by atomic mass is 32.2. The Morgan fingerprint density at radius 3 is 2.29 bits per heavy atom. The number of benzene rings is 1. The second-order valence-corrected chi connectivity index (χ2v) is 7.23. The van der Waals surface area contributed by atoms with Crippen LogP contribution in [0.3, 0.4) is 0 Å². The van der Waals surface area contributed by atoms with Crippen LogP contribution < -0.4 is 5.32 Å². The number of hydrogen-bond donors (Lipinski definition) is 1. The molecule has 1 unspecified atom stereocenters. The Morgan fingerprint density at radius 1 is 1.24 bits per heavy atom. The number of nitrogens with one attached hydrogen (secondary N) is 1. The summed E-state index contributed by atoms with van der Waals surface area (Å²) in [6, 6.07) is 6.21. The van der Waals surface area contributed by atoms with Crippen molar-refractivity contribution < 1.29 is 12.6 Å². The normalized spacial score (nSPS) is 13.5. The zero-order valence-electron chi connectivity index (χ0n) is 9.97. The zero-order chi connectivity index (χ0) is 12.9. The molecule has 0 fully saturated rings. The fraction of sp³-hybridized carbons (Fsp3) is 0.455. The van der Waals surface area contributed by atoms with Gasteiger partial charge in [0.1, 0.15) is 0 Å². The van der Waals surface area contributed by atoms with Gasteiger partial charge in [-0.3, -0.25) is 4.21 Å². The molecule has 0 bridgehead atoms. The van der Waals surface area contributed by atoms with E-state index in [4.69, 9.17) is 0 Å². The van der Waals surface area contributed by atoms with Gasteiger partial charge in [-0.25, -0.2) is 8.42 Å². The molecule has 1 aromatic carbocycles. The molecule has 0 saturated carbocycles. The van der Waals surface area contributed by atoms with Crippen molar-refractivity contribution in [2.24, 2.45) is 0 Å². The van der Waals surface area contributed by atoms with Crippen molar-refractivity contribution in [1.82, 2.24) is 5.32 Å². The number of hydrogen-bond acceptors (Lipinski definition) is 4. The van der Waals surface area contributed by atoms with Crippen molar-refractivity contribution in [2.75, 3.05) is 25.1 Å². The average Bonchev–Trinajstić information content (AvgIpc) is 2.28. The summed E-state index contributed by atoms with van der Waals surface area (Å²) in [5.41, 5.74) is 0.